The third-order valence-corrected chi connectivity index (χ3v) is 2.90. The minimum absolute atomic E-state index is 0.748. The van der Waals surface area contributed by atoms with Gasteiger partial charge in [0.2, 0.25) is 0 Å². The summed E-state index contributed by atoms with van der Waals surface area (Å²) >= 11 is 0. The predicted octanol–water partition coefficient (Wildman–Crippen LogP) is 4.65. The lowest BCUT2D eigenvalue weighted by Gasteiger charge is -2.24. The quantitative estimate of drug-likeness (QED) is 0.595. The lowest BCUT2D eigenvalue weighted by molar-refractivity contribution is 0.538. The van der Waals surface area contributed by atoms with Crippen LogP contribution in [0.1, 0.15) is 46.5 Å². The van der Waals surface area contributed by atoms with Gasteiger partial charge in [0.1, 0.15) is 0 Å². The summed E-state index contributed by atoms with van der Waals surface area (Å²) in [6.45, 7) is 6.64. The molecule has 0 heterocycles. The fraction of sp³-hybridized carbons (Fsp3) is 0.571. The molecule has 0 radical (unpaired) electrons. The van der Waals surface area contributed by atoms with E-state index >= 15 is 0 Å². The zero-order valence-corrected chi connectivity index (χ0v) is 9.72. The maximum Gasteiger partial charge on any atom is -0.0188 e. The van der Waals surface area contributed by atoms with Crippen molar-refractivity contribution in [2.24, 2.45) is 5.92 Å². The van der Waals surface area contributed by atoms with E-state index in [9.17, 15) is 0 Å². The largest absolute Gasteiger partial charge is 0.0877 e. The summed E-state index contributed by atoms with van der Waals surface area (Å²) in [5, 5.41) is 0. The van der Waals surface area contributed by atoms with Crippen molar-refractivity contribution in [2.75, 3.05) is 0 Å². The van der Waals surface area contributed by atoms with E-state index in [1.807, 2.05) is 0 Å². The zero-order chi connectivity index (χ0) is 10.4. The monoisotopic (exact) mass is 190 g/mol. The van der Waals surface area contributed by atoms with E-state index < -0.39 is 0 Å². The molecule has 1 fully saturated rings. The summed E-state index contributed by atoms with van der Waals surface area (Å²) < 4.78 is 0. The van der Waals surface area contributed by atoms with Gasteiger partial charge in [0, 0.05) is 0 Å². The first kappa shape index (κ1) is 11.3. The second-order valence-electron chi connectivity index (χ2n) is 4.08. The molecule has 0 aromatic heterocycles. The van der Waals surface area contributed by atoms with Gasteiger partial charge in [-0.1, -0.05) is 38.2 Å². The van der Waals surface area contributed by atoms with Gasteiger partial charge in [-0.25, -0.2) is 0 Å². The molecule has 78 valence electrons. The number of hydrogen-bond acceptors (Lipinski definition) is 0. The van der Waals surface area contributed by atoms with Crippen LogP contribution in [0.3, 0.4) is 0 Å². The second-order valence-corrected chi connectivity index (χ2v) is 4.08. The highest BCUT2D eigenvalue weighted by molar-refractivity contribution is 5.37. The van der Waals surface area contributed by atoms with Crippen LogP contribution in [-0.2, 0) is 0 Å². The molecule has 1 rings (SSSR count). The molecule has 0 aliphatic heterocycles. The van der Waals surface area contributed by atoms with E-state index in [0.717, 1.165) is 12.3 Å². The summed E-state index contributed by atoms with van der Waals surface area (Å²) in [6.07, 6.45) is 14.1. The van der Waals surface area contributed by atoms with Gasteiger partial charge in [-0.05, 0) is 49.7 Å². The minimum Gasteiger partial charge on any atom is -0.0877 e. The maximum absolute atomic E-state index is 2.39. The number of allylic oxidation sites excluding steroid dienone is 6. The van der Waals surface area contributed by atoms with Crippen molar-refractivity contribution in [1.82, 2.24) is 0 Å². The van der Waals surface area contributed by atoms with Gasteiger partial charge in [-0.3, -0.25) is 0 Å². The average Bonchev–Trinajstić information content (AvgIpc) is 2.18. The van der Waals surface area contributed by atoms with Crippen LogP contribution in [0.4, 0.5) is 0 Å². The van der Waals surface area contributed by atoms with Gasteiger partial charge in [0.15, 0.2) is 0 Å². The molecule has 0 amide bonds. The van der Waals surface area contributed by atoms with Crippen molar-refractivity contribution in [1.29, 1.82) is 0 Å². The van der Waals surface area contributed by atoms with Crippen LogP contribution in [0.5, 0.6) is 0 Å². The molecular formula is C14H22. The first-order chi connectivity index (χ1) is 6.79. The molecule has 1 aliphatic carbocycles. The van der Waals surface area contributed by atoms with Gasteiger partial charge in [0.25, 0.3) is 0 Å². The molecule has 0 heteroatoms. The topological polar surface area (TPSA) is 0 Å². The number of rotatable bonds is 2. The highest BCUT2D eigenvalue weighted by Gasteiger charge is 2.17. The summed E-state index contributed by atoms with van der Waals surface area (Å²) in [6, 6.07) is 0. The van der Waals surface area contributed by atoms with E-state index in [-0.39, 0.29) is 0 Å². The molecule has 1 aliphatic rings. The second kappa shape index (κ2) is 5.85. The highest BCUT2D eigenvalue weighted by Crippen LogP contribution is 2.33. The predicted molar refractivity (Wildman–Crippen MR) is 64.3 cm³/mol. The third-order valence-electron chi connectivity index (χ3n) is 2.90. The molecule has 0 aromatic carbocycles. The van der Waals surface area contributed by atoms with Gasteiger partial charge in [-0.2, -0.15) is 0 Å². The average molecular weight is 190 g/mol. The van der Waals surface area contributed by atoms with Crippen LogP contribution >= 0.6 is 0 Å². The molecule has 0 bridgehead atoms. The van der Waals surface area contributed by atoms with Crippen LogP contribution in [-0.4, -0.2) is 0 Å². The van der Waals surface area contributed by atoms with E-state index in [4.69, 9.17) is 0 Å². The van der Waals surface area contributed by atoms with E-state index in [1.165, 1.54) is 19.3 Å². The SMILES string of the molecule is C\C=C/C=C1\C(=C/CC)CCCC1C. The van der Waals surface area contributed by atoms with E-state index in [0.29, 0.717) is 0 Å². The van der Waals surface area contributed by atoms with E-state index in [1.54, 1.807) is 11.1 Å². The highest BCUT2D eigenvalue weighted by atomic mass is 14.2. The van der Waals surface area contributed by atoms with Crippen molar-refractivity contribution >= 4 is 0 Å². The molecule has 0 aromatic rings. The molecule has 1 unspecified atom stereocenters. The Morgan fingerprint density at radius 1 is 1.43 bits per heavy atom. The van der Waals surface area contributed by atoms with Gasteiger partial charge in [-0.15, -0.1) is 0 Å². The smallest absolute Gasteiger partial charge is 0.0188 e. The summed E-state index contributed by atoms with van der Waals surface area (Å²) in [5.41, 5.74) is 3.15. The van der Waals surface area contributed by atoms with Gasteiger partial charge >= 0.3 is 0 Å². The molecular weight excluding hydrogens is 168 g/mol. The molecule has 1 saturated carbocycles. The Bertz CT molecular complexity index is 253. The lowest BCUT2D eigenvalue weighted by Crippen LogP contribution is -2.09. The summed E-state index contributed by atoms with van der Waals surface area (Å²) in [7, 11) is 0. The lowest BCUT2D eigenvalue weighted by atomic mass is 9.81. The number of hydrogen-bond donors (Lipinski definition) is 0. The fourth-order valence-electron chi connectivity index (χ4n) is 2.15. The van der Waals surface area contributed by atoms with Crippen molar-refractivity contribution in [3.8, 4) is 0 Å². The first-order valence-corrected chi connectivity index (χ1v) is 5.81. The molecule has 0 nitrogen and oxygen atoms in total. The van der Waals surface area contributed by atoms with Gasteiger partial charge < -0.3 is 0 Å². The van der Waals surface area contributed by atoms with Crippen molar-refractivity contribution in [3.63, 3.8) is 0 Å². The first-order valence-electron chi connectivity index (χ1n) is 5.81. The Morgan fingerprint density at radius 2 is 2.21 bits per heavy atom. The van der Waals surface area contributed by atoms with E-state index in [2.05, 4.69) is 45.1 Å². The Balaban J connectivity index is 2.86. The molecule has 14 heavy (non-hydrogen) atoms. The third kappa shape index (κ3) is 2.87. The van der Waals surface area contributed by atoms with Crippen molar-refractivity contribution < 1.29 is 0 Å². The van der Waals surface area contributed by atoms with Crippen molar-refractivity contribution in [2.45, 2.75) is 46.5 Å². The van der Waals surface area contributed by atoms with Crippen LogP contribution in [0.2, 0.25) is 0 Å². The Labute approximate surface area is 88.4 Å². The summed E-state index contributed by atoms with van der Waals surface area (Å²) in [5.74, 6) is 0.748. The zero-order valence-electron chi connectivity index (χ0n) is 9.72. The normalized spacial score (nSPS) is 29.2. The van der Waals surface area contributed by atoms with Gasteiger partial charge in [0.05, 0.1) is 0 Å². The molecule has 0 saturated heterocycles. The fourth-order valence-corrected chi connectivity index (χ4v) is 2.15. The maximum atomic E-state index is 2.39. The van der Waals surface area contributed by atoms with Crippen LogP contribution in [0.15, 0.2) is 35.5 Å². The van der Waals surface area contributed by atoms with Crippen LogP contribution in [0, 0.1) is 5.92 Å². The Hall–Kier alpha value is -0.780. The standard InChI is InChI=1S/C14H22/c1-4-6-11-14-12(3)9-7-10-13(14)8-5-2/h4,6,8,11-12H,5,7,9-10H2,1-3H3/b6-4-,13-8-,14-11-. The van der Waals surface area contributed by atoms with Crippen LogP contribution < -0.4 is 0 Å². The molecule has 0 spiro atoms. The summed E-state index contributed by atoms with van der Waals surface area (Å²) in [4.78, 5) is 0. The molecule has 0 N–H and O–H groups in total. The molecule has 1 atom stereocenters. The Morgan fingerprint density at radius 3 is 2.86 bits per heavy atom. The van der Waals surface area contributed by atoms with Crippen molar-refractivity contribution in [3.05, 3.63) is 35.5 Å². The Kier molecular flexibility index (Phi) is 4.72. The van der Waals surface area contributed by atoms with Crippen LogP contribution in [0.25, 0.3) is 0 Å². The minimum atomic E-state index is 0.748.